The summed E-state index contributed by atoms with van der Waals surface area (Å²) >= 11 is 0. The van der Waals surface area contributed by atoms with Crippen LogP contribution in [0.15, 0.2) is 35.1 Å². The van der Waals surface area contributed by atoms with Crippen molar-refractivity contribution in [1.29, 1.82) is 10.8 Å². The number of phenols is 1. The van der Waals surface area contributed by atoms with E-state index < -0.39 is 69.2 Å². The molecule has 7 N–H and O–H groups in total. The molecule has 0 unspecified atom stereocenters. The van der Waals surface area contributed by atoms with E-state index in [0.717, 1.165) is 0 Å². The van der Waals surface area contributed by atoms with E-state index in [9.17, 15) is 39.9 Å². The average Bonchev–Trinajstić information content (AvgIpc) is 2.98. The van der Waals surface area contributed by atoms with Crippen molar-refractivity contribution in [3.8, 4) is 5.75 Å². The monoisotopic (exact) mass is 614 g/mol. The minimum Gasteiger partial charge on any atom is -0.508 e. The van der Waals surface area contributed by atoms with Crippen molar-refractivity contribution >= 4 is 23.2 Å². The molecule has 1 heterocycles. The van der Waals surface area contributed by atoms with Crippen molar-refractivity contribution in [2.45, 2.75) is 30.6 Å². The Morgan fingerprint density at radius 3 is 2.27 bits per heavy atom. The molecular formula is C29H38N6O9. The SMILES string of the molecule is CN(C)[C@@H]1C(=O)C(C(=O)NCN2CCN(CCO)CC2)=C(O)[C@@]2(O)C(=O)C3=C(O)c4c(O)cccc4[C@@](C)(O)[C@H]3C[C@H]12.N#N. The minimum atomic E-state index is -2.76. The Kier molecular flexibility index (Phi) is 9.17. The van der Waals surface area contributed by atoms with Crippen LogP contribution >= 0.6 is 0 Å². The van der Waals surface area contributed by atoms with Crippen LogP contribution in [0.3, 0.4) is 0 Å². The number of rotatable bonds is 6. The number of aromatic hydroxyl groups is 1. The lowest BCUT2D eigenvalue weighted by molar-refractivity contribution is -0.159. The van der Waals surface area contributed by atoms with Gasteiger partial charge in [0.15, 0.2) is 11.4 Å². The lowest BCUT2D eigenvalue weighted by Gasteiger charge is -2.53. The van der Waals surface area contributed by atoms with E-state index in [2.05, 4.69) is 10.2 Å². The molecule has 1 amide bonds. The summed E-state index contributed by atoms with van der Waals surface area (Å²) in [6.45, 7) is 4.58. The van der Waals surface area contributed by atoms with Gasteiger partial charge in [0.25, 0.3) is 5.91 Å². The maximum atomic E-state index is 14.1. The summed E-state index contributed by atoms with van der Waals surface area (Å²) in [5.41, 5.74) is -5.68. The number of fused-ring (bicyclic) bond motifs is 3. The van der Waals surface area contributed by atoms with Crippen molar-refractivity contribution in [3.63, 3.8) is 0 Å². The number of amides is 1. The van der Waals surface area contributed by atoms with Crippen LogP contribution in [0.4, 0.5) is 0 Å². The molecule has 15 nitrogen and oxygen atoms in total. The molecule has 0 aromatic heterocycles. The maximum Gasteiger partial charge on any atom is 0.259 e. The average molecular weight is 615 g/mol. The van der Waals surface area contributed by atoms with E-state index in [1.54, 1.807) is 14.1 Å². The first-order valence-electron chi connectivity index (χ1n) is 14.2. The molecule has 1 saturated carbocycles. The van der Waals surface area contributed by atoms with Gasteiger partial charge in [-0.25, -0.2) is 0 Å². The molecule has 1 aromatic rings. The van der Waals surface area contributed by atoms with Crippen molar-refractivity contribution in [3.05, 3.63) is 46.2 Å². The molecule has 1 aliphatic heterocycles. The van der Waals surface area contributed by atoms with Crippen LogP contribution in [0.2, 0.25) is 0 Å². The smallest absolute Gasteiger partial charge is 0.259 e. The second-order valence-electron chi connectivity index (χ2n) is 11.9. The highest BCUT2D eigenvalue weighted by molar-refractivity contribution is 6.25. The van der Waals surface area contributed by atoms with Crippen LogP contribution in [0.5, 0.6) is 5.75 Å². The number of benzene rings is 1. The number of carbonyl (C=O) groups is 3. The number of nitrogens with zero attached hydrogens (tertiary/aromatic N) is 5. The van der Waals surface area contributed by atoms with Gasteiger partial charge in [0.1, 0.15) is 22.8 Å². The summed E-state index contributed by atoms with van der Waals surface area (Å²) < 4.78 is 0. The van der Waals surface area contributed by atoms with Crippen LogP contribution < -0.4 is 5.32 Å². The van der Waals surface area contributed by atoms with Crippen molar-refractivity contribution in [2.24, 2.45) is 11.8 Å². The highest BCUT2D eigenvalue weighted by atomic mass is 16.3. The number of phenolic OH excluding ortho intramolecular Hbond substituents is 1. The number of nitrogens with one attached hydrogen (secondary N) is 1. The third kappa shape index (κ3) is 5.03. The predicted octanol–water partition coefficient (Wildman–Crippen LogP) is -1.14. The molecule has 1 saturated heterocycles. The first-order valence-corrected chi connectivity index (χ1v) is 14.2. The first kappa shape index (κ1) is 33.0. The molecule has 238 valence electrons. The molecule has 0 bridgehead atoms. The van der Waals surface area contributed by atoms with Gasteiger partial charge >= 0.3 is 0 Å². The summed E-state index contributed by atoms with van der Waals surface area (Å²) in [6, 6.07) is 3.06. The van der Waals surface area contributed by atoms with Gasteiger partial charge in [-0.1, -0.05) is 12.1 Å². The molecule has 5 rings (SSSR count). The van der Waals surface area contributed by atoms with Crippen LogP contribution in [-0.4, -0.2) is 135 Å². The Bertz CT molecular complexity index is 1430. The lowest BCUT2D eigenvalue weighted by atomic mass is 9.54. The highest BCUT2D eigenvalue weighted by Gasteiger charge is 2.66. The fraction of sp³-hybridized carbons (Fsp3) is 0.552. The van der Waals surface area contributed by atoms with Crippen LogP contribution in [0, 0.1) is 22.6 Å². The number of aliphatic hydroxyl groups is 5. The summed E-state index contributed by atoms with van der Waals surface area (Å²) in [6.07, 6.45) is -0.199. The van der Waals surface area contributed by atoms with Gasteiger partial charge in [-0.15, -0.1) is 0 Å². The topological polar surface area (TPSA) is 242 Å². The zero-order valence-electron chi connectivity index (χ0n) is 24.8. The molecule has 0 spiro atoms. The fourth-order valence-electron chi connectivity index (χ4n) is 7.07. The summed E-state index contributed by atoms with van der Waals surface area (Å²) in [7, 11) is 3.10. The number of piperazine rings is 1. The van der Waals surface area contributed by atoms with E-state index >= 15 is 0 Å². The van der Waals surface area contributed by atoms with Gasteiger partial charge in [0, 0.05) is 60.9 Å². The molecule has 5 atom stereocenters. The molecule has 15 heteroatoms. The van der Waals surface area contributed by atoms with Crippen LogP contribution in [0.25, 0.3) is 5.76 Å². The molecule has 44 heavy (non-hydrogen) atoms. The van der Waals surface area contributed by atoms with Gasteiger partial charge in [-0.05, 0) is 39.1 Å². The zero-order valence-corrected chi connectivity index (χ0v) is 24.8. The lowest BCUT2D eigenvalue weighted by Crippen LogP contribution is -2.67. The number of carbonyl (C=O) groups excluding carboxylic acids is 3. The predicted molar refractivity (Wildman–Crippen MR) is 152 cm³/mol. The molecule has 1 aromatic carbocycles. The largest absolute Gasteiger partial charge is 0.508 e. The number of ketones is 2. The molecule has 2 fully saturated rings. The van der Waals surface area contributed by atoms with Gasteiger partial charge < -0.3 is 36.0 Å². The Morgan fingerprint density at radius 1 is 1.07 bits per heavy atom. The Hall–Kier alpha value is -3.91. The van der Waals surface area contributed by atoms with Gasteiger partial charge in [0.05, 0.1) is 30.5 Å². The summed E-state index contributed by atoms with van der Waals surface area (Å²) in [4.78, 5) is 46.7. The zero-order chi connectivity index (χ0) is 32.7. The third-order valence-electron chi connectivity index (χ3n) is 9.35. The van der Waals surface area contributed by atoms with E-state index in [1.807, 2.05) is 4.90 Å². The minimum absolute atomic E-state index is 0.0442. The number of Topliss-reactive ketones (excluding diaryl/α,β-unsaturated/α-hetero) is 2. The molecule has 4 aliphatic rings. The van der Waals surface area contributed by atoms with Crippen molar-refractivity contribution in [1.82, 2.24) is 20.0 Å². The Morgan fingerprint density at radius 2 is 1.68 bits per heavy atom. The van der Waals surface area contributed by atoms with E-state index in [0.29, 0.717) is 32.7 Å². The number of aliphatic hydroxyl groups excluding tert-OH is 3. The molecule has 3 aliphatic carbocycles. The van der Waals surface area contributed by atoms with E-state index in [-0.39, 0.29) is 36.6 Å². The quantitative estimate of drug-likeness (QED) is 0.148. The second-order valence-corrected chi connectivity index (χ2v) is 11.9. The third-order valence-corrected chi connectivity index (χ3v) is 9.35. The maximum absolute atomic E-state index is 14.1. The van der Waals surface area contributed by atoms with Gasteiger partial charge in [-0.3, -0.25) is 29.1 Å². The molecule has 0 radical (unpaired) electrons. The second kappa shape index (κ2) is 12.2. The normalized spacial score (nSPS) is 30.7. The summed E-state index contributed by atoms with van der Waals surface area (Å²) in [5, 5.41) is 80.5. The van der Waals surface area contributed by atoms with Gasteiger partial charge in [-0.2, -0.15) is 0 Å². The number of hydrogen-bond donors (Lipinski definition) is 7. The highest BCUT2D eigenvalue weighted by Crippen LogP contribution is 2.57. The fourth-order valence-corrected chi connectivity index (χ4v) is 7.07. The Balaban J connectivity index is 0.00000216. The number of likely N-dealkylation sites (N-methyl/N-ethyl adjacent to an activating group) is 1. The standard InChI is InChI=1S/C29H38N4O9.N2/c1-28(41)15-5-4-6-18(35)19(15)23(36)20-16(28)13-17-22(31(2)3)24(37)21(26(39)29(17,42)25(20)38)27(40)30-14-33-9-7-32(8-10-33)11-12-34;1-2/h4-6,16-17,22,34-36,39,41-42H,7-14H2,1-3H3,(H,30,40);/t16-,17+,22-,28+,29-;/m0./s1. The summed E-state index contributed by atoms with van der Waals surface area (Å²) in [5.74, 6) is -7.39. The van der Waals surface area contributed by atoms with E-state index in [1.165, 1.54) is 30.0 Å². The number of hydrogen-bond acceptors (Lipinski definition) is 14. The number of β-amino-alcohol motifs (C(OH)–C–C–N with tert-alkyl or cyclic N) is 1. The van der Waals surface area contributed by atoms with Crippen molar-refractivity contribution in [2.75, 3.05) is 60.1 Å². The first-order chi connectivity index (χ1) is 20.8. The van der Waals surface area contributed by atoms with Crippen LogP contribution in [0.1, 0.15) is 24.5 Å². The van der Waals surface area contributed by atoms with Crippen molar-refractivity contribution < 1.29 is 45.0 Å². The van der Waals surface area contributed by atoms with Gasteiger partial charge in [0.2, 0.25) is 5.78 Å². The van der Waals surface area contributed by atoms with E-state index in [4.69, 9.17) is 15.9 Å². The van der Waals surface area contributed by atoms with Crippen LogP contribution in [-0.2, 0) is 20.0 Å². The Labute approximate surface area is 253 Å². The molecular weight excluding hydrogens is 576 g/mol.